The summed E-state index contributed by atoms with van der Waals surface area (Å²) in [6.07, 6.45) is 0. The number of benzene rings is 8. The largest absolute Gasteiger partial charge is 0.455 e. The molecule has 11 aromatic rings. The summed E-state index contributed by atoms with van der Waals surface area (Å²) in [5.41, 5.74) is 13.7. The van der Waals surface area contributed by atoms with Crippen LogP contribution in [0.1, 0.15) is 0 Å². The van der Waals surface area contributed by atoms with E-state index in [9.17, 15) is 0 Å². The van der Waals surface area contributed by atoms with E-state index in [2.05, 4.69) is 168 Å². The van der Waals surface area contributed by atoms with Gasteiger partial charge < -0.3 is 8.98 Å². The highest BCUT2D eigenvalue weighted by molar-refractivity contribution is 6.24. The normalized spacial score (nSPS) is 11.7. The molecule has 0 bridgehead atoms. The quantitative estimate of drug-likeness (QED) is 0.181. The SMILES string of the molecule is c1ccc(-c2ccc(-c3nc(-c4ccc(-c5ccc6c(c5)c5c7oc8ccccc8c7ccc5n6-c5ccccc5)cc4)nc4ccccc34)cc2)cc1. The summed E-state index contributed by atoms with van der Waals surface area (Å²) >= 11 is 0. The molecule has 0 saturated carbocycles. The van der Waals surface area contributed by atoms with Crippen molar-refractivity contribution in [1.82, 2.24) is 14.5 Å². The molecule has 0 radical (unpaired) electrons. The van der Waals surface area contributed by atoms with E-state index < -0.39 is 0 Å². The Hall–Kier alpha value is -7.30. The van der Waals surface area contributed by atoms with Crippen molar-refractivity contribution < 1.29 is 4.42 Å². The highest BCUT2D eigenvalue weighted by atomic mass is 16.3. The lowest BCUT2D eigenvalue weighted by molar-refractivity contribution is 0.673. The molecule has 0 N–H and O–H groups in total. The van der Waals surface area contributed by atoms with Crippen LogP contribution >= 0.6 is 0 Å². The Morgan fingerprint density at radius 1 is 0.389 bits per heavy atom. The lowest BCUT2D eigenvalue weighted by Crippen LogP contribution is -1.95. The standard InChI is InChI=1S/C50H31N3O/c1-3-11-32(12-4-1)33-19-23-35(24-20-33)48-41-16-7-9-17-43(41)51-50(52-48)36-25-21-34(22-26-36)37-27-29-44-42(31-37)47-45(53(44)38-13-5-2-6-14-38)30-28-40-39-15-8-10-18-46(39)54-49(40)47/h1-31H. The molecule has 0 unspecified atom stereocenters. The first kappa shape index (κ1) is 30.3. The summed E-state index contributed by atoms with van der Waals surface area (Å²) in [6, 6.07) is 66.0. The van der Waals surface area contributed by atoms with Crippen LogP contribution in [0, 0.1) is 0 Å². The van der Waals surface area contributed by atoms with Gasteiger partial charge in [0.05, 0.1) is 27.6 Å². The van der Waals surface area contributed by atoms with E-state index >= 15 is 0 Å². The highest BCUT2D eigenvalue weighted by Gasteiger charge is 2.19. The second kappa shape index (κ2) is 12.1. The Morgan fingerprint density at radius 2 is 0.981 bits per heavy atom. The van der Waals surface area contributed by atoms with E-state index in [0.717, 1.165) is 88.3 Å². The van der Waals surface area contributed by atoms with Crippen LogP contribution < -0.4 is 0 Å². The number of hydrogen-bond acceptors (Lipinski definition) is 3. The molecule has 0 aliphatic heterocycles. The summed E-state index contributed by atoms with van der Waals surface area (Å²) in [7, 11) is 0. The van der Waals surface area contributed by atoms with Gasteiger partial charge in [0.2, 0.25) is 0 Å². The van der Waals surface area contributed by atoms with Gasteiger partial charge in [0.1, 0.15) is 11.2 Å². The molecule has 0 aliphatic carbocycles. The Bertz CT molecular complexity index is 3180. The van der Waals surface area contributed by atoms with Crippen molar-refractivity contribution in [2.24, 2.45) is 0 Å². The molecule has 4 heteroatoms. The fraction of sp³-hybridized carbons (Fsp3) is 0. The van der Waals surface area contributed by atoms with Gasteiger partial charge in [0, 0.05) is 38.4 Å². The monoisotopic (exact) mass is 689 g/mol. The molecule has 0 spiro atoms. The summed E-state index contributed by atoms with van der Waals surface area (Å²) < 4.78 is 8.95. The number of rotatable bonds is 5. The van der Waals surface area contributed by atoms with E-state index in [1.165, 1.54) is 11.1 Å². The van der Waals surface area contributed by atoms with Gasteiger partial charge in [-0.3, -0.25) is 0 Å². The number of para-hydroxylation sites is 3. The molecular formula is C50H31N3O. The van der Waals surface area contributed by atoms with Crippen LogP contribution in [0.3, 0.4) is 0 Å². The molecule has 4 nitrogen and oxygen atoms in total. The van der Waals surface area contributed by atoms with Crippen LogP contribution in [0.5, 0.6) is 0 Å². The molecule has 54 heavy (non-hydrogen) atoms. The molecule has 0 atom stereocenters. The minimum Gasteiger partial charge on any atom is -0.455 e. The fourth-order valence-electron chi connectivity index (χ4n) is 8.01. The van der Waals surface area contributed by atoms with Crippen molar-refractivity contribution in [1.29, 1.82) is 0 Å². The van der Waals surface area contributed by atoms with Crippen molar-refractivity contribution in [3.05, 3.63) is 188 Å². The zero-order chi connectivity index (χ0) is 35.6. The average molecular weight is 690 g/mol. The van der Waals surface area contributed by atoms with Gasteiger partial charge in [-0.1, -0.05) is 140 Å². The molecule has 11 rings (SSSR count). The Balaban J connectivity index is 1.02. The second-order valence-electron chi connectivity index (χ2n) is 13.8. The van der Waals surface area contributed by atoms with E-state index in [1.54, 1.807) is 0 Å². The van der Waals surface area contributed by atoms with Crippen LogP contribution in [0.15, 0.2) is 192 Å². The zero-order valence-corrected chi connectivity index (χ0v) is 29.1. The number of nitrogens with zero attached hydrogens (tertiary/aromatic N) is 3. The van der Waals surface area contributed by atoms with Crippen molar-refractivity contribution >= 4 is 54.6 Å². The maximum Gasteiger partial charge on any atom is 0.160 e. The van der Waals surface area contributed by atoms with Crippen LogP contribution in [0.4, 0.5) is 0 Å². The van der Waals surface area contributed by atoms with Crippen LogP contribution in [0.25, 0.3) is 105 Å². The van der Waals surface area contributed by atoms with Gasteiger partial charge in [0.25, 0.3) is 0 Å². The first-order valence-corrected chi connectivity index (χ1v) is 18.2. The summed E-state index contributed by atoms with van der Waals surface area (Å²) in [5.74, 6) is 0.705. The molecular weight excluding hydrogens is 659 g/mol. The molecule has 0 fully saturated rings. The average Bonchev–Trinajstić information content (AvgIpc) is 3.79. The number of aromatic nitrogens is 3. The molecule has 0 aliphatic rings. The number of hydrogen-bond donors (Lipinski definition) is 0. The van der Waals surface area contributed by atoms with Crippen molar-refractivity contribution in [2.75, 3.05) is 0 Å². The van der Waals surface area contributed by atoms with Gasteiger partial charge in [-0.25, -0.2) is 9.97 Å². The Morgan fingerprint density at radius 3 is 1.78 bits per heavy atom. The maximum atomic E-state index is 6.60. The van der Waals surface area contributed by atoms with Gasteiger partial charge in [0.15, 0.2) is 5.82 Å². The minimum atomic E-state index is 0.705. The van der Waals surface area contributed by atoms with E-state index in [-0.39, 0.29) is 0 Å². The molecule has 252 valence electrons. The van der Waals surface area contributed by atoms with Crippen LogP contribution in [0.2, 0.25) is 0 Å². The van der Waals surface area contributed by atoms with Crippen LogP contribution in [-0.2, 0) is 0 Å². The highest BCUT2D eigenvalue weighted by Crippen LogP contribution is 2.42. The van der Waals surface area contributed by atoms with Gasteiger partial charge in [-0.2, -0.15) is 0 Å². The molecule has 8 aromatic carbocycles. The van der Waals surface area contributed by atoms with Crippen LogP contribution in [-0.4, -0.2) is 14.5 Å². The predicted molar refractivity (Wildman–Crippen MR) is 223 cm³/mol. The lowest BCUT2D eigenvalue weighted by Gasteiger charge is -2.11. The second-order valence-corrected chi connectivity index (χ2v) is 13.8. The Kier molecular flexibility index (Phi) is 6.82. The van der Waals surface area contributed by atoms with Gasteiger partial charge in [-0.05, 0) is 70.8 Å². The Labute approximate surface area is 311 Å². The topological polar surface area (TPSA) is 43.9 Å². The first-order chi connectivity index (χ1) is 26.8. The van der Waals surface area contributed by atoms with Gasteiger partial charge in [-0.15, -0.1) is 0 Å². The van der Waals surface area contributed by atoms with E-state index in [0.29, 0.717) is 5.82 Å². The number of fused-ring (bicyclic) bond motifs is 8. The third-order valence-corrected chi connectivity index (χ3v) is 10.6. The number of furan rings is 1. The smallest absolute Gasteiger partial charge is 0.160 e. The van der Waals surface area contributed by atoms with Crippen molar-refractivity contribution in [2.45, 2.75) is 0 Å². The predicted octanol–water partition coefficient (Wildman–Crippen LogP) is 13.3. The molecule has 0 saturated heterocycles. The molecule has 0 amide bonds. The summed E-state index contributed by atoms with van der Waals surface area (Å²) in [5, 5.41) is 5.56. The zero-order valence-electron chi connectivity index (χ0n) is 29.1. The lowest BCUT2D eigenvalue weighted by atomic mass is 10.00. The third kappa shape index (κ3) is 4.85. The van der Waals surface area contributed by atoms with Crippen molar-refractivity contribution in [3.63, 3.8) is 0 Å². The maximum absolute atomic E-state index is 6.60. The van der Waals surface area contributed by atoms with Gasteiger partial charge >= 0.3 is 0 Å². The van der Waals surface area contributed by atoms with E-state index in [1.807, 2.05) is 24.3 Å². The van der Waals surface area contributed by atoms with E-state index in [4.69, 9.17) is 14.4 Å². The van der Waals surface area contributed by atoms with Crippen molar-refractivity contribution in [3.8, 4) is 50.6 Å². The minimum absolute atomic E-state index is 0.705. The fourth-order valence-corrected chi connectivity index (χ4v) is 8.01. The molecule has 3 heterocycles. The summed E-state index contributed by atoms with van der Waals surface area (Å²) in [4.78, 5) is 10.2. The molecule has 3 aromatic heterocycles. The summed E-state index contributed by atoms with van der Waals surface area (Å²) in [6.45, 7) is 0. The third-order valence-electron chi connectivity index (χ3n) is 10.6. The first-order valence-electron chi connectivity index (χ1n) is 18.2.